The molecule has 14 heteroatoms. The van der Waals surface area contributed by atoms with E-state index in [0.717, 1.165) is 58.3 Å². The summed E-state index contributed by atoms with van der Waals surface area (Å²) in [6.45, 7) is 2.70. The van der Waals surface area contributed by atoms with Crippen molar-refractivity contribution in [1.29, 1.82) is 0 Å². The highest BCUT2D eigenvalue weighted by atomic mass is 35.5. The summed E-state index contributed by atoms with van der Waals surface area (Å²) in [4.78, 5) is 28.9. The molecule has 7 N–H and O–H groups in total. The minimum absolute atomic E-state index is 0.0123. The van der Waals surface area contributed by atoms with Crippen LogP contribution in [0.1, 0.15) is 57.8 Å². The third-order valence-corrected chi connectivity index (χ3v) is 10.3. The van der Waals surface area contributed by atoms with Crippen LogP contribution in [0.5, 0.6) is 0 Å². The van der Waals surface area contributed by atoms with E-state index in [-0.39, 0.29) is 62.1 Å². The Morgan fingerprint density at radius 2 is 1.70 bits per heavy atom. The lowest BCUT2D eigenvalue weighted by molar-refractivity contribution is -0.162. The molecule has 2 amide bonds. The molecule has 1 saturated carbocycles. The minimum atomic E-state index is -1.38. The van der Waals surface area contributed by atoms with E-state index < -0.39 is 42.9 Å². The lowest BCUT2D eigenvalue weighted by atomic mass is 9.82. The fraction of sp³-hybridized carbons (Fsp3) is 0.933. The number of β-amino-alcohol motifs (C(OH)–C–C–N with tert-alkyl or cyclic N) is 1. The van der Waals surface area contributed by atoms with E-state index in [1.807, 2.05) is 0 Å². The Morgan fingerprint density at radius 3 is 2.32 bits per heavy atom. The van der Waals surface area contributed by atoms with Crippen LogP contribution in [0.3, 0.4) is 0 Å². The zero-order valence-electron chi connectivity index (χ0n) is 25.8. The van der Waals surface area contributed by atoms with Crippen LogP contribution in [-0.2, 0) is 14.3 Å². The second kappa shape index (κ2) is 16.6. The molecule has 0 aromatic heterocycles. The standard InChI is InChI=1S/C30H53ClFN5O7/c31-23-13-33-28(34-14-23)36-7-5-21(6-8-36)2-1-9-44-24-4-3-22(25(32)11-24)10-27(42)37-16-30(43,17-37)12-26(41)35-15-29(18-38,19-39)20-40/h21-25,28,33-34,38-40,43H,1-20H2,(H,35,41). The average molecular weight is 650 g/mol. The third-order valence-electron chi connectivity index (χ3n) is 9.97. The van der Waals surface area contributed by atoms with E-state index in [9.17, 15) is 30.0 Å². The number of nitrogens with zero attached hydrogens (tertiary/aromatic N) is 2. The Hall–Kier alpha value is -1.16. The third kappa shape index (κ3) is 9.92. The van der Waals surface area contributed by atoms with E-state index >= 15 is 4.39 Å². The van der Waals surface area contributed by atoms with Crippen LogP contribution < -0.4 is 16.0 Å². The van der Waals surface area contributed by atoms with Gasteiger partial charge in [-0.2, -0.15) is 0 Å². The average Bonchev–Trinajstić information content (AvgIpc) is 3.01. The normalized spacial score (nSPS) is 30.1. The molecule has 44 heavy (non-hydrogen) atoms. The zero-order chi connectivity index (χ0) is 31.7. The fourth-order valence-electron chi connectivity index (χ4n) is 6.80. The Morgan fingerprint density at radius 1 is 1.05 bits per heavy atom. The molecular formula is C30H53ClFN5O7. The SMILES string of the molecule is O=C(CC1(O)CN(C(=O)CC2CCC(OCCCC3CCN(C4NCC(Cl)CN4)CC3)CC2F)C1)NCC(CO)(CO)CO. The summed E-state index contributed by atoms with van der Waals surface area (Å²) in [6.07, 6.45) is 4.79. The van der Waals surface area contributed by atoms with Crippen molar-refractivity contribution in [2.24, 2.45) is 17.3 Å². The van der Waals surface area contributed by atoms with Crippen LogP contribution in [0.25, 0.3) is 0 Å². The van der Waals surface area contributed by atoms with Gasteiger partial charge in [-0.15, -0.1) is 11.6 Å². The molecule has 0 aromatic carbocycles. The van der Waals surface area contributed by atoms with E-state index in [4.69, 9.17) is 16.3 Å². The number of rotatable bonds is 15. The highest BCUT2D eigenvalue weighted by Gasteiger charge is 2.46. The molecule has 1 aliphatic carbocycles. The number of aliphatic hydroxyl groups is 4. The predicted octanol–water partition coefficient (Wildman–Crippen LogP) is -0.481. The lowest BCUT2D eigenvalue weighted by Crippen LogP contribution is -2.65. The molecule has 3 atom stereocenters. The molecule has 0 bridgehead atoms. The summed E-state index contributed by atoms with van der Waals surface area (Å²) in [5, 5.41) is 48.4. The summed E-state index contributed by atoms with van der Waals surface area (Å²) < 4.78 is 21.1. The molecule has 0 radical (unpaired) electrons. The first-order valence-electron chi connectivity index (χ1n) is 16.3. The van der Waals surface area contributed by atoms with Crippen molar-refractivity contribution >= 4 is 23.4 Å². The van der Waals surface area contributed by atoms with Crippen LogP contribution in [0, 0.1) is 17.3 Å². The maximum atomic E-state index is 15.0. The van der Waals surface area contributed by atoms with Crippen LogP contribution in [-0.4, -0.2) is 144 Å². The number of hydrogen-bond acceptors (Lipinski definition) is 10. The number of ether oxygens (including phenoxy) is 1. The van der Waals surface area contributed by atoms with Gasteiger partial charge in [0.15, 0.2) is 0 Å². The van der Waals surface area contributed by atoms with Crippen molar-refractivity contribution in [2.75, 3.05) is 72.2 Å². The zero-order valence-corrected chi connectivity index (χ0v) is 26.5. The van der Waals surface area contributed by atoms with Crippen molar-refractivity contribution < 1.29 is 39.1 Å². The molecule has 4 aliphatic rings. The van der Waals surface area contributed by atoms with Gasteiger partial charge in [-0.05, 0) is 50.4 Å². The van der Waals surface area contributed by atoms with Crippen LogP contribution >= 0.6 is 11.6 Å². The van der Waals surface area contributed by atoms with Gasteiger partial charge in [-0.1, -0.05) is 0 Å². The Labute approximate surface area is 265 Å². The summed E-state index contributed by atoms with van der Waals surface area (Å²) in [5.41, 5.74) is -2.62. The second-order valence-electron chi connectivity index (χ2n) is 13.6. The second-order valence-corrected chi connectivity index (χ2v) is 14.2. The quantitative estimate of drug-likeness (QED) is 0.0910. The van der Waals surface area contributed by atoms with E-state index in [1.54, 1.807) is 0 Å². The van der Waals surface area contributed by atoms with Crippen molar-refractivity contribution in [3.63, 3.8) is 0 Å². The first-order chi connectivity index (χ1) is 21.1. The van der Waals surface area contributed by atoms with Gasteiger partial charge >= 0.3 is 0 Å². The molecular weight excluding hydrogens is 597 g/mol. The summed E-state index contributed by atoms with van der Waals surface area (Å²) in [6, 6.07) is 0. The summed E-state index contributed by atoms with van der Waals surface area (Å²) in [5.74, 6) is -0.433. The van der Waals surface area contributed by atoms with Gasteiger partial charge in [0.1, 0.15) is 18.1 Å². The predicted molar refractivity (Wildman–Crippen MR) is 162 cm³/mol. The van der Waals surface area contributed by atoms with Gasteiger partial charge in [-0.3, -0.25) is 25.1 Å². The first-order valence-corrected chi connectivity index (χ1v) is 16.7. The van der Waals surface area contributed by atoms with Gasteiger partial charge in [0, 0.05) is 52.2 Å². The molecule has 3 saturated heterocycles. The number of amides is 2. The molecule has 3 heterocycles. The maximum Gasteiger partial charge on any atom is 0.223 e. The van der Waals surface area contributed by atoms with Gasteiger partial charge in [-0.25, -0.2) is 4.39 Å². The highest BCUT2D eigenvalue weighted by molar-refractivity contribution is 6.21. The van der Waals surface area contributed by atoms with E-state index in [2.05, 4.69) is 20.9 Å². The Bertz CT molecular complexity index is 904. The molecule has 3 aliphatic heterocycles. The summed E-state index contributed by atoms with van der Waals surface area (Å²) in [7, 11) is 0. The molecule has 0 spiro atoms. The number of likely N-dealkylation sites (tertiary alicyclic amines) is 2. The van der Waals surface area contributed by atoms with Gasteiger partial charge in [0.2, 0.25) is 11.8 Å². The number of carbonyl (C=O) groups is 2. The maximum absolute atomic E-state index is 15.0. The Kier molecular flexibility index (Phi) is 13.5. The molecule has 4 fully saturated rings. The number of nitrogens with one attached hydrogen (secondary N) is 3. The first kappa shape index (κ1) is 35.7. The highest BCUT2D eigenvalue weighted by Crippen LogP contribution is 2.34. The van der Waals surface area contributed by atoms with Crippen molar-refractivity contribution in [1.82, 2.24) is 25.8 Å². The smallest absolute Gasteiger partial charge is 0.223 e. The topological polar surface area (TPSA) is 167 Å². The molecule has 254 valence electrons. The molecule has 3 unspecified atom stereocenters. The van der Waals surface area contributed by atoms with E-state index in [0.29, 0.717) is 25.4 Å². The monoisotopic (exact) mass is 649 g/mol. The number of piperidine rings is 1. The van der Waals surface area contributed by atoms with Crippen molar-refractivity contribution in [2.45, 2.75) is 87.3 Å². The number of hydrogen-bond donors (Lipinski definition) is 7. The minimum Gasteiger partial charge on any atom is -0.396 e. The van der Waals surface area contributed by atoms with Gasteiger partial charge in [0.05, 0.1) is 56.2 Å². The van der Waals surface area contributed by atoms with Crippen LogP contribution in [0.2, 0.25) is 0 Å². The number of carbonyl (C=O) groups excluding carboxylic acids is 2. The van der Waals surface area contributed by atoms with E-state index in [1.165, 1.54) is 4.90 Å². The van der Waals surface area contributed by atoms with Gasteiger partial charge in [0.25, 0.3) is 0 Å². The van der Waals surface area contributed by atoms with Crippen molar-refractivity contribution in [3.05, 3.63) is 0 Å². The largest absolute Gasteiger partial charge is 0.396 e. The lowest BCUT2D eigenvalue weighted by Gasteiger charge is -2.47. The number of alkyl halides is 2. The molecule has 4 rings (SSSR count). The van der Waals surface area contributed by atoms with Crippen LogP contribution in [0.4, 0.5) is 4.39 Å². The fourth-order valence-corrected chi connectivity index (χ4v) is 6.98. The molecule has 0 aromatic rings. The Balaban J connectivity index is 1.05. The van der Waals surface area contributed by atoms with Gasteiger partial charge < -0.3 is 35.4 Å². The number of halogens is 2. The molecule has 12 nitrogen and oxygen atoms in total. The van der Waals surface area contributed by atoms with Crippen LogP contribution in [0.15, 0.2) is 0 Å². The summed E-state index contributed by atoms with van der Waals surface area (Å²) >= 11 is 6.15. The number of aliphatic hydroxyl groups excluding tert-OH is 3. The van der Waals surface area contributed by atoms with Crippen molar-refractivity contribution in [3.8, 4) is 0 Å².